The first-order valence-corrected chi connectivity index (χ1v) is 5.16. The van der Waals surface area contributed by atoms with E-state index in [2.05, 4.69) is 13.7 Å². The van der Waals surface area contributed by atoms with Crippen LogP contribution in [0.5, 0.6) is 0 Å². The molecule has 0 aliphatic heterocycles. The molecule has 0 aromatic carbocycles. The Kier molecular flexibility index (Phi) is 37.4. The molecule has 0 unspecified atom stereocenters. The maximum atomic E-state index is 7.75. The van der Waals surface area contributed by atoms with Crippen LogP contribution in [-0.4, -0.2) is 32.0 Å². The second-order valence-corrected chi connectivity index (χ2v) is 3.84. The van der Waals surface area contributed by atoms with Crippen molar-refractivity contribution in [1.82, 2.24) is 0 Å². The van der Waals surface area contributed by atoms with Gasteiger partial charge >= 0.3 is 0 Å². The van der Waals surface area contributed by atoms with E-state index in [1.165, 1.54) is 0 Å². The SMILES string of the molecule is [CH-]=O.[CH2-]CSSCCOC.[Y]. The van der Waals surface area contributed by atoms with Gasteiger partial charge in [0.15, 0.2) is 0 Å². The molecular weight excluding hydrogens is 257 g/mol. The van der Waals surface area contributed by atoms with Gasteiger partial charge in [0, 0.05) is 45.6 Å². The van der Waals surface area contributed by atoms with Crippen LogP contribution in [0.25, 0.3) is 0 Å². The fourth-order valence-corrected chi connectivity index (χ4v) is 1.62. The standard InChI is InChI=1S/C5H11OS2.CHO.Y/c1-3-7-8-5-4-6-2;1-2;/h1,3-5H2,2H3;1H;/q2*-1;. The molecule has 0 heterocycles. The second kappa shape index (κ2) is 22.5. The first-order chi connectivity index (χ1) is 4.91. The molecule has 5 heteroatoms. The zero-order valence-electron chi connectivity index (χ0n) is 6.62. The minimum absolute atomic E-state index is 0. The van der Waals surface area contributed by atoms with Crippen molar-refractivity contribution in [3.63, 3.8) is 0 Å². The molecule has 0 amide bonds. The molecule has 1 radical (unpaired) electrons. The zero-order chi connectivity index (χ0) is 8.24. The molecule has 0 spiro atoms. The van der Waals surface area contributed by atoms with Crippen molar-refractivity contribution >= 4 is 28.4 Å². The summed E-state index contributed by atoms with van der Waals surface area (Å²) in [4.78, 5) is 7.75. The summed E-state index contributed by atoms with van der Waals surface area (Å²) in [6.45, 7) is 7.78. The summed E-state index contributed by atoms with van der Waals surface area (Å²) < 4.78 is 4.83. The molecule has 0 atom stereocenters. The number of methoxy groups -OCH3 is 1. The maximum absolute atomic E-state index is 7.75. The van der Waals surface area contributed by atoms with E-state index in [4.69, 9.17) is 9.53 Å². The van der Waals surface area contributed by atoms with Crippen LogP contribution in [0.2, 0.25) is 0 Å². The van der Waals surface area contributed by atoms with Crippen LogP contribution in [0.1, 0.15) is 0 Å². The summed E-state index contributed by atoms with van der Waals surface area (Å²) in [5.41, 5.74) is 0. The average molecular weight is 269 g/mol. The van der Waals surface area contributed by atoms with Gasteiger partial charge in [0.05, 0.1) is 6.61 Å². The molecule has 2 nitrogen and oxygen atoms in total. The maximum Gasteiger partial charge on any atom is 0.0561 e. The zero-order valence-corrected chi connectivity index (χ0v) is 11.1. The Morgan fingerprint density at radius 2 is 2.00 bits per heavy atom. The van der Waals surface area contributed by atoms with Crippen LogP contribution < -0.4 is 0 Å². The smallest absolute Gasteiger partial charge is 0.0561 e. The molecule has 0 N–H and O–H groups in total. The van der Waals surface area contributed by atoms with Crippen LogP contribution in [0.4, 0.5) is 0 Å². The number of rotatable bonds is 5. The topological polar surface area (TPSA) is 26.3 Å². The van der Waals surface area contributed by atoms with Gasteiger partial charge < -0.3 is 16.5 Å². The van der Waals surface area contributed by atoms with E-state index >= 15 is 0 Å². The molecule has 0 aromatic heterocycles. The Hall–Kier alpha value is 1.43. The van der Waals surface area contributed by atoms with Gasteiger partial charge in [-0.25, -0.2) is 0 Å². The Balaban J connectivity index is -0.000000196. The van der Waals surface area contributed by atoms with E-state index in [0.717, 1.165) is 18.1 Å². The third kappa shape index (κ3) is 24.6. The normalized spacial score (nSPS) is 7.45. The third-order valence-electron chi connectivity index (χ3n) is 0.537. The van der Waals surface area contributed by atoms with Gasteiger partial charge in [-0.15, -0.1) is 16.5 Å². The first kappa shape index (κ1) is 18.3. The van der Waals surface area contributed by atoms with Gasteiger partial charge in [-0.2, -0.15) is 0 Å². The minimum Gasteiger partial charge on any atom is -0.545 e. The summed E-state index contributed by atoms with van der Waals surface area (Å²) >= 11 is 0. The molecule has 0 saturated carbocycles. The van der Waals surface area contributed by atoms with Crippen LogP contribution in [-0.2, 0) is 42.2 Å². The molecule has 0 saturated heterocycles. The molecule has 0 rings (SSSR count). The van der Waals surface area contributed by atoms with Crippen molar-refractivity contribution in [3.8, 4) is 0 Å². The van der Waals surface area contributed by atoms with Crippen molar-refractivity contribution in [2.24, 2.45) is 0 Å². The number of ether oxygens (including phenoxy) is 1. The Morgan fingerprint density at radius 3 is 2.36 bits per heavy atom. The monoisotopic (exact) mass is 269 g/mol. The van der Waals surface area contributed by atoms with Crippen LogP contribution in [0.3, 0.4) is 0 Å². The summed E-state index contributed by atoms with van der Waals surface area (Å²) in [5, 5.41) is 0. The number of hydrogen-bond acceptors (Lipinski definition) is 4. The van der Waals surface area contributed by atoms with E-state index in [0.29, 0.717) is 0 Å². The Labute approximate surface area is 102 Å². The van der Waals surface area contributed by atoms with Gasteiger partial charge in [-0.05, 0) is 0 Å². The Morgan fingerprint density at radius 1 is 1.45 bits per heavy atom. The van der Waals surface area contributed by atoms with E-state index in [9.17, 15) is 0 Å². The van der Waals surface area contributed by atoms with Gasteiger partial charge in [0.2, 0.25) is 0 Å². The molecule has 0 aliphatic rings. The van der Waals surface area contributed by atoms with Crippen molar-refractivity contribution in [2.75, 3.05) is 25.2 Å². The fourth-order valence-electron chi connectivity index (χ4n) is 0.235. The first-order valence-electron chi connectivity index (χ1n) is 2.68. The molecular formula is C6H12O2S2Y-2. The number of hydrogen-bond donors (Lipinski definition) is 0. The second-order valence-electron chi connectivity index (χ2n) is 1.14. The van der Waals surface area contributed by atoms with Crippen molar-refractivity contribution in [2.45, 2.75) is 0 Å². The van der Waals surface area contributed by atoms with Crippen molar-refractivity contribution in [3.05, 3.63) is 6.92 Å². The van der Waals surface area contributed by atoms with E-state index in [1.807, 2.05) is 0 Å². The van der Waals surface area contributed by atoms with E-state index in [-0.39, 0.29) is 32.7 Å². The van der Waals surface area contributed by atoms with Crippen molar-refractivity contribution in [1.29, 1.82) is 0 Å². The Bertz CT molecular complexity index is 51.8. The van der Waals surface area contributed by atoms with Crippen LogP contribution in [0, 0.1) is 6.92 Å². The van der Waals surface area contributed by atoms with E-state index in [1.54, 1.807) is 28.7 Å². The predicted molar refractivity (Wildman–Crippen MR) is 48.9 cm³/mol. The fraction of sp³-hybridized carbons (Fsp3) is 0.667. The van der Waals surface area contributed by atoms with Crippen molar-refractivity contribution < 1.29 is 42.2 Å². The molecule has 65 valence electrons. The van der Waals surface area contributed by atoms with Gasteiger partial charge in [0.1, 0.15) is 0 Å². The van der Waals surface area contributed by atoms with Crippen LogP contribution in [0.15, 0.2) is 0 Å². The van der Waals surface area contributed by atoms with Crippen LogP contribution >= 0.6 is 21.6 Å². The van der Waals surface area contributed by atoms with Gasteiger partial charge in [0.25, 0.3) is 0 Å². The predicted octanol–water partition coefficient (Wildman–Crippen LogP) is 1.57. The summed E-state index contributed by atoms with van der Waals surface area (Å²) in [7, 11) is 5.30. The third-order valence-corrected chi connectivity index (χ3v) is 2.70. The largest absolute Gasteiger partial charge is 0.545 e. The average Bonchev–Trinajstić information content (AvgIpc) is 2.02. The minimum atomic E-state index is 0. The quantitative estimate of drug-likeness (QED) is 0.327. The van der Waals surface area contributed by atoms with Gasteiger partial charge in [-0.1, -0.05) is 10.8 Å². The van der Waals surface area contributed by atoms with Gasteiger partial charge in [-0.3, -0.25) is 6.79 Å². The number of carbonyl (C=O) groups excluding carboxylic acids is 1. The summed E-state index contributed by atoms with van der Waals surface area (Å²) in [6, 6.07) is 0. The summed E-state index contributed by atoms with van der Waals surface area (Å²) in [6.07, 6.45) is 0. The summed E-state index contributed by atoms with van der Waals surface area (Å²) in [5.74, 6) is 2.01. The van der Waals surface area contributed by atoms with E-state index < -0.39 is 0 Å². The molecule has 0 bridgehead atoms. The molecule has 0 aliphatic carbocycles. The molecule has 11 heavy (non-hydrogen) atoms. The molecule has 0 fully saturated rings. The molecule has 0 aromatic rings.